The molecule has 63 heavy (non-hydrogen) atoms. The predicted octanol–water partition coefficient (Wildman–Crippen LogP) is 0.216. The lowest BCUT2D eigenvalue weighted by Crippen LogP contribution is -2.63. The number of carboxylic acids is 2. The quantitative estimate of drug-likeness (QED) is 0.0426. The molecule has 1 heterocycles. The minimum Gasteiger partial charge on any atom is -0.481 e. The molecule has 0 radical (unpaired) electrons. The third kappa shape index (κ3) is 18.3. The highest BCUT2D eigenvalue weighted by molar-refractivity contribution is 6.38. The molecular formula is C42H67N7O14. The van der Waals surface area contributed by atoms with Gasteiger partial charge in [-0.2, -0.15) is 0 Å². The van der Waals surface area contributed by atoms with Gasteiger partial charge in [-0.15, -0.1) is 0 Å². The van der Waals surface area contributed by atoms with E-state index in [0.29, 0.717) is 38.5 Å². The van der Waals surface area contributed by atoms with Crippen LogP contribution in [0.3, 0.4) is 0 Å². The van der Waals surface area contributed by atoms with Crippen molar-refractivity contribution in [2.75, 3.05) is 19.7 Å². The monoisotopic (exact) mass is 893 g/mol. The number of rotatable bonds is 26. The smallest absolute Gasteiger partial charge is 0.325 e. The van der Waals surface area contributed by atoms with Crippen LogP contribution in [-0.4, -0.2) is 136 Å². The number of carbonyl (C=O) groups is 11. The topological polar surface area (TPSA) is 313 Å². The summed E-state index contributed by atoms with van der Waals surface area (Å²) in [5.74, 6) is -10.7. The lowest BCUT2D eigenvalue weighted by molar-refractivity contribution is -0.148. The van der Waals surface area contributed by atoms with Gasteiger partial charge >= 0.3 is 17.9 Å². The molecule has 0 bridgehead atoms. The lowest BCUT2D eigenvalue weighted by atomic mass is 9.82. The Kier molecular flexibility index (Phi) is 23.3. The van der Waals surface area contributed by atoms with Gasteiger partial charge in [-0.3, -0.25) is 52.7 Å². The van der Waals surface area contributed by atoms with Crippen LogP contribution in [0.5, 0.6) is 0 Å². The van der Waals surface area contributed by atoms with Crippen LogP contribution in [0.25, 0.3) is 0 Å². The minimum absolute atomic E-state index is 0.101. The number of ether oxygens (including phenoxy) is 1. The molecular weight excluding hydrogens is 826 g/mol. The van der Waals surface area contributed by atoms with Gasteiger partial charge in [0.25, 0.3) is 5.91 Å². The third-order valence-electron chi connectivity index (χ3n) is 10.9. The number of hydrogen-bond donors (Lipinski definition) is 8. The van der Waals surface area contributed by atoms with E-state index in [9.17, 15) is 57.8 Å². The first-order valence-corrected chi connectivity index (χ1v) is 22.0. The number of aliphatic carboxylic acids is 2. The Morgan fingerprint density at radius 2 is 1.25 bits per heavy atom. The summed E-state index contributed by atoms with van der Waals surface area (Å²) in [7, 11) is 0. The van der Waals surface area contributed by atoms with Crippen molar-refractivity contribution >= 4 is 65.0 Å². The number of esters is 1. The van der Waals surface area contributed by atoms with Crippen LogP contribution in [0, 0.1) is 11.8 Å². The summed E-state index contributed by atoms with van der Waals surface area (Å²) in [5.41, 5.74) is 0. The van der Waals surface area contributed by atoms with E-state index in [1.165, 1.54) is 4.90 Å². The van der Waals surface area contributed by atoms with Crippen LogP contribution < -0.4 is 31.9 Å². The standard InChI is InChI=1S/C42H67N7O14/c1-6-13-27(36(56)41(61)43-23-33(55)63-22-7-2)45-39(59)30-16-11-12-21-49(30)42(62)35(26-14-9-8-10-15-26)48-40(60)34(24(3)4)47-38(58)29(18-20-32(53)54)46-37(57)28(44-25(5)50)17-19-31(51)52/h24,26-30,34-35H,6-23H2,1-5H3,(H,43,61)(H,44,50)(H,45,59)(H,46,57)(H,47,58)(H,48,60)(H,51,52)(H,53,54)/t27?,28?,29?,30-,34?,35?/m0/s1. The first-order chi connectivity index (χ1) is 29.8. The highest BCUT2D eigenvalue weighted by Crippen LogP contribution is 2.29. The Labute approximate surface area is 367 Å². The third-order valence-corrected chi connectivity index (χ3v) is 10.9. The van der Waals surface area contributed by atoms with Crippen LogP contribution in [0.4, 0.5) is 0 Å². The van der Waals surface area contributed by atoms with E-state index in [4.69, 9.17) is 9.84 Å². The summed E-state index contributed by atoms with van der Waals surface area (Å²) >= 11 is 0. The maximum absolute atomic E-state index is 14.7. The summed E-state index contributed by atoms with van der Waals surface area (Å²) in [6.07, 6.45) is 4.23. The molecule has 1 aliphatic heterocycles. The van der Waals surface area contributed by atoms with E-state index in [2.05, 4.69) is 31.9 Å². The number of Topliss-reactive ketones (excluding diaryl/α,β-unsaturated/α-hetero) is 1. The number of amides is 7. The van der Waals surface area contributed by atoms with Gasteiger partial charge < -0.3 is 51.8 Å². The normalized spacial score (nSPS) is 17.7. The molecule has 0 aromatic rings. The molecule has 8 N–H and O–H groups in total. The van der Waals surface area contributed by atoms with E-state index < -0.39 is 133 Å². The fourth-order valence-corrected chi connectivity index (χ4v) is 7.61. The Balaban J connectivity index is 2.35. The summed E-state index contributed by atoms with van der Waals surface area (Å²) in [5, 5.41) is 33.5. The van der Waals surface area contributed by atoms with Crippen molar-refractivity contribution in [1.29, 1.82) is 0 Å². The van der Waals surface area contributed by atoms with Crippen LogP contribution in [0.2, 0.25) is 0 Å². The molecule has 1 saturated heterocycles. The van der Waals surface area contributed by atoms with Crippen molar-refractivity contribution in [3.8, 4) is 0 Å². The number of likely N-dealkylation sites (tertiary alicyclic amines) is 1. The average molecular weight is 894 g/mol. The largest absolute Gasteiger partial charge is 0.481 e. The van der Waals surface area contributed by atoms with Crippen molar-refractivity contribution in [1.82, 2.24) is 36.8 Å². The van der Waals surface area contributed by atoms with E-state index in [0.717, 1.165) is 26.2 Å². The van der Waals surface area contributed by atoms with Gasteiger partial charge in [0.15, 0.2) is 0 Å². The fraction of sp³-hybridized carbons (Fsp3) is 0.738. The average Bonchev–Trinajstić information content (AvgIpc) is 3.24. The van der Waals surface area contributed by atoms with Gasteiger partial charge in [-0.1, -0.05) is 53.4 Å². The molecule has 1 saturated carbocycles. The Hall–Kier alpha value is -5.63. The molecule has 6 atom stereocenters. The summed E-state index contributed by atoms with van der Waals surface area (Å²) < 4.78 is 4.93. The Morgan fingerprint density at radius 3 is 1.81 bits per heavy atom. The van der Waals surface area contributed by atoms with Gasteiger partial charge in [-0.05, 0) is 69.6 Å². The second kappa shape index (κ2) is 27.4. The summed E-state index contributed by atoms with van der Waals surface area (Å²) in [6, 6.07) is -7.63. The van der Waals surface area contributed by atoms with E-state index in [-0.39, 0.29) is 38.3 Å². The Morgan fingerprint density at radius 1 is 0.667 bits per heavy atom. The van der Waals surface area contributed by atoms with Crippen LogP contribution in [0.1, 0.15) is 131 Å². The number of piperidine rings is 1. The Bertz CT molecular complexity index is 1650. The van der Waals surface area contributed by atoms with E-state index >= 15 is 0 Å². The van der Waals surface area contributed by atoms with Crippen LogP contribution >= 0.6 is 0 Å². The van der Waals surface area contributed by atoms with Gasteiger partial charge in [0.1, 0.15) is 36.8 Å². The maximum Gasteiger partial charge on any atom is 0.325 e. The zero-order chi connectivity index (χ0) is 47.2. The van der Waals surface area contributed by atoms with Gasteiger partial charge in [0.2, 0.25) is 41.2 Å². The molecule has 2 fully saturated rings. The molecule has 0 spiro atoms. The first kappa shape index (κ1) is 53.5. The van der Waals surface area contributed by atoms with E-state index in [1.54, 1.807) is 27.7 Å². The molecule has 2 rings (SSSR count). The molecule has 7 amide bonds. The van der Waals surface area contributed by atoms with Crippen molar-refractivity contribution in [3.63, 3.8) is 0 Å². The number of nitrogens with zero attached hydrogens (tertiary/aromatic N) is 1. The number of carboxylic acid groups (broad SMARTS) is 2. The molecule has 0 aromatic carbocycles. The highest BCUT2D eigenvalue weighted by atomic mass is 16.5. The second-order valence-corrected chi connectivity index (χ2v) is 16.5. The number of hydrogen-bond acceptors (Lipinski definition) is 12. The summed E-state index contributed by atoms with van der Waals surface area (Å²) in [6.45, 7) is 7.70. The molecule has 2 aliphatic rings. The van der Waals surface area contributed by atoms with Crippen molar-refractivity contribution < 1.29 is 67.7 Å². The van der Waals surface area contributed by atoms with Gasteiger partial charge in [0.05, 0.1) is 12.6 Å². The summed E-state index contributed by atoms with van der Waals surface area (Å²) in [4.78, 5) is 143. The SMILES string of the molecule is CCCOC(=O)CNC(=O)C(=O)C(CCC)NC(=O)[C@@H]1CCCCN1C(=O)C(NC(=O)C(NC(=O)C(CCC(=O)O)NC(=O)C(CCC(=O)O)NC(C)=O)C(C)C)C1CCCCC1. The highest BCUT2D eigenvalue weighted by Gasteiger charge is 2.42. The molecule has 21 nitrogen and oxygen atoms in total. The van der Waals surface area contributed by atoms with Crippen molar-refractivity contribution in [2.45, 2.75) is 167 Å². The van der Waals surface area contributed by atoms with Crippen LogP contribution in [0.15, 0.2) is 0 Å². The van der Waals surface area contributed by atoms with Crippen molar-refractivity contribution in [3.05, 3.63) is 0 Å². The minimum atomic E-state index is -1.52. The van der Waals surface area contributed by atoms with Crippen LogP contribution in [-0.2, 0) is 57.5 Å². The number of nitrogens with one attached hydrogen (secondary N) is 6. The predicted molar refractivity (Wildman–Crippen MR) is 224 cm³/mol. The molecule has 354 valence electrons. The lowest BCUT2D eigenvalue weighted by Gasteiger charge is -2.40. The zero-order valence-corrected chi connectivity index (χ0v) is 37.1. The number of carbonyl (C=O) groups excluding carboxylic acids is 9. The number of ketones is 1. The van der Waals surface area contributed by atoms with Gasteiger partial charge in [0, 0.05) is 26.3 Å². The van der Waals surface area contributed by atoms with Gasteiger partial charge in [-0.25, -0.2) is 0 Å². The molecule has 1 aliphatic carbocycles. The second-order valence-electron chi connectivity index (χ2n) is 16.5. The van der Waals surface area contributed by atoms with E-state index in [1.807, 2.05) is 0 Å². The first-order valence-electron chi connectivity index (χ1n) is 22.0. The maximum atomic E-state index is 14.7. The van der Waals surface area contributed by atoms with Crippen molar-refractivity contribution in [2.24, 2.45) is 11.8 Å². The fourth-order valence-electron chi connectivity index (χ4n) is 7.61. The molecule has 5 unspecified atom stereocenters. The molecule has 21 heteroatoms. The zero-order valence-electron chi connectivity index (χ0n) is 37.1. The molecule has 0 aromatic heterocycles.